The molecule has 0 aliphatic carbocycles. The second kappa shape index (κ2) is 5.64. The van der Waals surface area contributed by atoms with Gasteiger partial charge in [-0.3, -0.25) is 4.79 Å². The molecule has 0 bridgehead atoms. The van der Waals surface area contributed by atoms with E-state index >= 15 is 0 Å². The van der Waals surface area contributed by atoms with E-state index in [9.17, 15) is 18.0 Å². The van der Waals surface area contributed by atoms with E-state index in [0.29, 0.717) is 0 Å². The van der Waals surface area contributed by atoms with E-state index in [1.165, 1.54) is 0 Å². The van der Waals surface area contributed by atoms with E-state index in [1.807, 2.05) is 0 Å². The minimum absolute atomic E-state index is 0.00785. The van der Waals surface area contributed by atoms with E-state index < -0.39 is 10.8 Å². The molecule has 0 aromatic rings. The molecule has 0 fully saturated rings. The Labute approximate surface area is 84.1 Å². The number of hydrogen-bond donors (Lipinski definition) is 2. The molecule has 2 nitrogen and oxygen atoms in total. The smallest absolute Gasteiger partial charge is 0.354 e. The number of carbonyl (C=O) groups is 1. The second-order valence-electron chi connectivity index (χ2n) is 2.26. The minimum atomic E-state index is -4.22. The summed E-state index contributed by atoms with van der Waals surface area (Å²) in [7, 11) is 0. The van der Waals surface area contributed by atoms with E-state index in [-0.39, 0.29) is 30.0 Å². The number of thioether (sulfide) groups is 1. The monoisotopic (exact) mass is 233 g/mol. The molecule has 78 valence electrons. The fourth-order valence-electron chi connectivity index (χ4n) is 0.489. The molecular weight excluding hydrogens is 223 g/mol. The van der Waals surface area contributed by atoms with Gasteiger partial charge >= 0.3 is 5.51 Å². The quantitative estimate of drug-likeness (QED) is 0.571. The van der Waals surface area contributed by atoms with Crippen LogP contribution in [0.1, 0.15) is 6.92 Å². The second-order valence-corrected chi connectivity index (χ2v) is 4.20. The van der Waals surface area contributed by atoms with Crippen molar-refractivity contribution in [3.8, 4) is 0 Å². The highest BCUT2D eigenvalue weighted by Crippen LogP contribution is 2.29. The van der Waals surface area contributed by atoms with Crippen LogP contribution in [0.5, 0.6) is 0 Å². The number of amides is 1. The molecule has 0 aromatic carbocycles. The average molecular weight is 233 g/mol. The van der Waals surface area contributed by atoms with Crippen LogP contribution in [0.3, 0.4) is 0 Å². The van der Waals surface area contributed by atoms with Crippen LogP contribution in [0.4, 0.5) is 13.2 Å². The van der Waals surface area contributed by atoms with Gasteiger partial charge in [-0.15, -0.1) is 0 Å². The van der Waals surface area contributed by atoms with Crippen molar-refractivity contribution >= 4 is 30.3 Å². The zero-order chi connectivity index (χ0) is 10.5. The van der Waals surface area contributed by atoms with Gasteiger partial charge in [-0.05, 0) is 18.7 Å². The van der Waals surface area contributed by atoms with Crippen LogP contribution < -0.4 is 5.32 Å². The number of rotatable bonds is 4. The molecule has 1 atom stereocenters. The first kappa shape index (κ1) is 13.0. The molecule has 0 aliphatic rings. The van der Waals surface area contributed by atoms with E-state index in [4.69, 9.17) is 0 Å². The van der Waals surface area contributed by atoms with Gasteiger partial charge in [-0.2, -0.15) is 25.8 Å². The summed E-state index contributed by atoms with van der Waals surface area (Å²) in [4.78, 5) is 10.8. The summed E-state index contributed by atoms with van der Waals surface area (Å²) in [5.74, 6) is -0.526. The van der Waals surface area contributed by atoms with Crippen molar-refractivity contribution < 1.29 is 18.0 Å². The Balaban J connectivity index is 3.42. The molecule has 0 saturated heterocycles. The van der Waals surface area contributed by atoms with Gasteiger partial charge in [0.1, 0.15) is 0 Å². The largest absolute Gasteiger partial charge is 0.441 e. The zero-order valence-corrected chi connectivity index (χ0v) is 8.60. The van der Waals surface area contributed by atoms with Crippen LogP contribution in [-0.4, -0.2) is 29.0 Å². The van der Waals surface area contributed by atoms with Crippen molar-refractivity contribution in [3.63, 3.8) is 0 Å². The van der Waals surface area contributed by atoms with Gasteiger partial charge in [0.15, 0.2) is 0 Å². The summed E-state index contributed by atoms with van der Waals surface area (Å²) < 4.78 is 34.7. The van der Waals surface area contributed by atoms with Crippen LogP contribution in [0.2, 0.25) is 0 Å². The maximum atomic E-state index is 11.6. The Bertz CT molecular complexity index is 172. The first-order valence-electron chi connectivity index (χ1n) is 3.49. The Morgan fingerprint density at radius 3 is 2.54 bits per heavy atom. The number of alkyl halides is 3. The Morgan fingerprint density at radius 2 is 2.15 bits per heavy atom. The number of halogens is 3. The maximum absolute atomic E-state index is 11.6. The SMILES string of the molecule is CC(S)C(=O)NCCSC(F)(F)F. The lowest BCUT2D eigenvalue weighted by Crippen LogP contribution is -2.31. The van der Waals surface area contributed by atoms with Crippen molar-refractivity contribution in [3.05, 3.63) is 0 Å². The van der Waals surface area contributed by atoms with Crippen LogP contribution in [0, 0.1) is 0 Å². The molecule has 0 radical (unpaired) electrons. The molecule has 1 N–H and O–H groups in total. The van der Waals surface area contributed by atoms with Gasteiger partial charge in [0.2, 0.25) is 5.91 Å². The minimum Gasteiger partial charge on any atom is -0.354 e. The average Bonchev–Trinajstić information content (AvgIpc) is 1.95. The highest BCUT2D eigenvalue weighted by Gasteiger charge is 2.27. The normalized spacial score (nSPS) is 13.9. The number of thiol groups is 1. The Morgan fingerprint density at radius 1 is 1.62 bits per heavy atom. The molecule has 13 heavy (non-hydrogen) atoms. The van der Waals surface area contributed by atoms with E-state index in [0.717, 1.165) is 0 Å². The van der Waals surface area contributed by atoms with Crippen molar-refractivity contribution in [1.29, 1.82) is 0 Å². The van der Waals surface area contributed by atoms with Crippen molar-refractivity contribution in [2.24, 2.45) is 0 Å². The summed E-state index contributed by atoms with van der Waals surface area (Å²) in [6.45, 7) is 1.56. The van der Waals surface area contributed by atoms with Gasteiger partial charge in [0.05, 0.1) is 5.25 Å². The predicted molar refractivity (Wildman–Crippen MR) is 50.0 cm³/mol. The first-order valence-corrected chi connectivity index (χ1v) is 4.99. The summed E-state index contributed by atoms with van der Waals surface area (Å²) >= 11 is 3.66. The molecule has 0 spiro atoms. The topological polar surface area (TPSA) is 29.1 Å². The lowest BCUT2D eigenvalue weighted by Gasteiger charge is -2.08. The molecule has 0 aromatic heterocycles. The number of carbonyl (C=O) groups excluding carboxylic acids is 1. The fraction of sp³-hybridized carbons (Fsp3) is 0.833. The molecule has 0 saturated carbocycles. The summed E-state index contributed by atoms with van der Waals surface area (Å²) in [6.07, 6.45) is 0. The number of hydrogen-bond acceptors (Lipinski definition) is 3. The summed E-state index contributed by atoms with van der Waals surface area (Å²) in [5, 5.41) is 1.83. The summed E-state index contributed by atoms with van der Waals surface area (Å²) in [6, 6.07) is 0. The van der Waals surface area contributed by atoms with Crippen molar-refractivity contribution in [2.75, 3.05) is 12.3 Å². The van der Waals surface area contributed by atoms with Gasteiger partial charge in [0, 0.05) is 12.3 Å². The molecule has 0 heterocycles. The highest BCUT2D eigenvalue weighted by atomic mass is 32.2. The molecular formula is C6H10F3NOS2. The first-order chi connectivity index (χ1) is 5.83. The molecule has 0 aliphatic heterocycles. The van der Waals surface area contributed by atoms with Crippen molar-refractivity contribution in [1.82, 2.24) is 5.32 Å². The zero-order valence-electron chi connectivity index (χ0n) is 6.89. The predicted octanol–water partition coefficient (Wildman–Crippen LogP) is 1.67. The third kappa shape index (κ3) is 8.29. The van der Waals surface area contributed by atoms with Crippen molar-refractivity contribution in [2.45, 2.75) is 17.7 Å². The van der Waals surface area contributed by atoms with Gasteiger partial charge in [-0.25, -0.2) is 0 Å². The van der Waals surface area contributed by atoms with Crippen LogP contribution in [-0.2, 0) is 4.79 Å². The van der Waals surface area contributed by atoms with Gasteiger partial charge < -0.3 is 5.32 Å². The third-order valence-electron chi connectivity index (χ3n) is 1.05. The molecule has 1 unspecified atom stereocenters. The lowest BCUT2D eigenvalue weighted by atomic mass is 10.4. The fourth-order valence-corrected chi connectivity index (χ4v) is 1.02. The van der Waals surface area contributed by atoms with Crippen LogP contribution >= 0.6 is 24.4 Å². The highest BCUT2D eigenvalue weighted by molar-refractivity contribution is 8.00. The Hall–Kier alpha value is -0.0400. The van der Waals surface area contributed by atoms with Gasteiger partial charge in [-0.1, -0.05) is 0 Å². The third-order valence-corrected chi connectivity index (χ3v) is 2.02. The van der Waals surface area contributed by atoms with E-state index in [1.54, 1.807) is 6.92 Å². The molecule has 0 rings (SSSR count). The number of nitrogens with one attached hydrogen (secondary N) is 1. The van der Waals surface area contributed by atoms with E-state index in [2.05, 4.69) is 17.9 Å². The Kier molecular flexibility index (Phi) is 5.62. The standard InChI is InChI=1S/C6H10F3NOS2/c1-4(12)5(11)10-2-3-13-6(7,8)9/h4,12H,2-3H2,1H3,(H,10,11). The summed E-state index contributed by atoms with van der Waals surface area (Å²) in [5.41, 5.74) is -4.22. The lowest BCUT2D eigenvalue weighted by molar-refractivity contribution is -0.120. The van der Waals surface area contributed by atoms with Crippen LogP contribution in [0.25, 0.3) is 0 Å². The van der Waals surface area contributed by atoms with Gasteiger partial charge in [0.25, 0.3) is 0 Å². The van der Waals surface area contributed by atoms with Crippen LogP contribution in [0.15, 0.2) is 0 Å². The molecule has 1 amide bonds. The maximum Gasteiger partial charge on any atom is 0.441 e. The molecule has 7 heteroatoms.